The Kier molecular flexibility index (Phi) is 4.89. The van der Waals surface area contributed by atoms with Gasteiger partial charge in [-0.05, 0) is 59.3 Å². The summed E-state index contributed by atoms with van der Waals surface area (Å²) in [6, 6.07) is 25.7. The lowest BCUT2D eigenvalue weighted by atomic mass is 9.94. The first-order valence-corrected chi connectivity index (χ1v) is 11.3. The number of nitrogens with zero attached hydrogens (tertiary/aromatic N) is 1. The van der Waals surface area contributed by atoms with Gasteiger partial charge in [0, 0.05) is 35.3 Å². The van der Waals surface area contributed by atoms with Crippen LogP contribution >= 0.6 is 0 Å². The van der Waals surface area contributed by atoms with Crippen LogP contribution in [0.15, 0.2) is 78.9 Å². The molecule has 2 aliphatic rings. The van der Waals surface area contributed by atoms with Gasteiger partial charge in [0.25, 0.3) is 11.8 Å². The van der Waals surface area contributed by atoms with Crippen molar-refractivity contribution in [3.05, 3.63) is 90.0 Å². The van der Waals surface area contributed by atoms with Crippen molar-refractivity contribution in [2.75, 3.05) is 29.3 Å². The third-order valence-electron chi connectivity index (χ3n) is 6.38. The maximum Gasteiger partial charge on any atom is 0.261 e. The standard InChI is InChI=1S/C27H23N5O2/c33-26-21-6-1-4-18-5-2-7-22(25(18)21)27(34)32(26)15-3-14-28-20-11-8-17(9-12-20)19-10-13-23-24(16-19)30-31-29-23/h1-2,4-13,16,28-31H,3,14-15H2. The monoisotopic (exact) mass is 449 g/mol. The second-order valence-electron chi connectivity index (χ2n) is 8.46. The van der Waals surface area contributed by atoms with E-state index in [2.05, 4.69) is 46.0 Å². The number of fused-ring (bicyclic) bond motifs is 1. The first kappa shape index (κ1) is 20.3. The molecule has 0 unspecified atom stereocenters. The summed E-state index contributed by atoms with van der Waals surface area (Å²) >= 11 is 0. The molecule has 0 aliphatic carbocycles. The van der Waals surface area contributed by atoms with Crippen LogP contribution in [0.3, 0.4) is 0 Å². The maximum absolute atomic E-state index is 13.0. The highest BCUT2D eigenvalue weighted by Gasteiger charge is 2.32. The van der Waals surface area contributed by atoms with E-state index in [9.17, 15) is 9.59 Å². The molecule has 4 N–H and O–H groups in total. The molecule has 7 nitrogen and oxygen atoms in total. The molecular weight excluding hydrogens is 426 g/mol. The van der Waals surface area contributed by atoms with E-state index in [4.69, 9.17) is 0 Å². The van der Waals surface area contributed by atoms with E-state index in [-0.39, 0.29) is 11.8 Å². The molecule has 4 aromatic rings. The van der Waals surface area contributed by atoms with Gasteiger partial charge in [-0.3, -0.25) is 14.5 Å². The number of carbonyl (C=O) groups excluding carboxylic acids is 2. The number of amides is 2. The average Bonchev–Trinajstić information content (AvgIpc) is 3.35. The lowest BCUT2D eigenvalue weighted by Crippen LogP contribution is -2.41. The maximum atomic E-state index is 13.0. The van der Waals surface area contributed by atoms with E-state index in [1.54, 1.807) is 12.1 Å². The Morgan fingerprint density at radius 1 is 0.735 bits per heavy atom. The summed E-state index contributed by atoms with van der Waals surface area (Å²) in [4.78, 5) is 27.4. The molecular formula is C27H23N5O2. The zero-order chi connectivity index (χ0) is 23.1. The van der Waals surface area contributed by atoms with Crippen LogP contribution in [-0.2, 0) is 0 Å². The molecule has 0 aromatic heterocycles. The smallest absolute Gasteiger partial charge is 0.261 e. The minimum Gasteiger partial charge on any atom is -0.385 e. The van der Waals surface area contributed by atoms with Crippen LogP contribution in [0.2, 0.25) is 0 Å². The normalized spacial score (nSPS) is 14.1. The first-order valence-electron chi connectivity index (χ1n) is 11.3. The lowest BCUT2D eigenvalue weighted by molar-refractivity contribution is 0.0610. The lowest BCUT2D eigenvalue weighted by Gasteiger charge is -2.27. The molecule has 0 bridgehead atoms. The predicted molar refractivity (Wildman–Crippen MR) is 135 cm³/mol. The third-order valence-corrected chi connectivity index (χ3v) is 6.38. The average molecular weight is 450 g/mol. The topological polar surface area (TPSA) is 85.5 Å². The quantitative estimate of drug-likeness (QED) is 0.248. The molecule has 7 heteroatoms. The Hall–Kier alpha value is -4.36. The number of nitrogens with one attached hydrogen (secondary N) is 4. The van der Waals surface area contributed by atoms with Crippen LogP contribution in [0.5, 0.6) is 0 Å². The van der Waals surface area contributed by atoms with E-state index in [1.165, 1.54) is 4.90 Å². The van der Waals surface area contributed by atoms with Crippen molar-refractivity contribution in [2.45, 2.75) is 6.42 Å². The summed E-state index contributed by atoms with van der Waals surface area (Å²) in [5.74, 6) is -0.430. The van der Waals surface area contributed by atoms with E-state index in [1.807, 2.05) is 42.5 Å². The molecule has 4 aromatic carbocycles. The summed E-state index contributed by atoms with van der Waals surface area (Å²) in [6.07, 6.45) is 0.661. The number of rotatable bonds is 6. The van der Waals surface area contributed by atoms with Crippen molar-refractivity contribution < 1.29 is 9.59 Å². The molecule has 0 spiro atoms. The fraction of sp³-hybridized carbons (Fsp3) is 0.111. The molecule has 0 saturated carbocycles. The molecule has 34 heavy (non-hydrogen) atoms. The predicted octanol–water partition coefficient (Wildman–Crippen LogP) is 4.86. The number of hydrogen-bond donors (Lipinski definition) is 4. The highest BCUT2D eigenvalue weighted by Crippen LogP contribution is 2.31. The zero-order valence-corrected chi connectivity index (χ0v) is 18.4. The Balaban J connectivity index is 1.08. The zero-order valence-electron chi connectivity index (χ0n) is 18.4. The Labute approximate surface area is 196 Å². The van der Waals surface area contributed by atoms with Gasteiger partial charge in [-0.2, -0.15) is 0 Å². The van der Waals surface area contributed by atoms with Gasteiger partial charge in [0.05, 0.1) is 11.4 Å². The summed E-state index contributed by atoms with van der Waals surface area (Å²) in [7, 11) is 0. The number of imide groups is 1. The van der Waals surface area contributed by atoms with Crippen LogP contribution in [0.1, 0.15) is 27.1 Å². The first-order chi connectivity index (χ1) is 16.7. The van der Waals surface area contributed by atoms with Crippen LogP contribution in [0, 0.1) is 0 Å². The second kappa shape index (κ2) is 8.20. The summed E-state index contributed by atoms with van der Waals surface area (Å²) in [6.45, 7) is 1.03. The number of hydrazine groups is 2. The Morgan fingerprint density at radius 3 is 2.15 bits per heavy atom. The largest absolute Gasteiger partial charge is 0.385 e. The van der Waals surface area contributed by atoms with Gasteiger partial charge >= 0.3 is 0 Å². The number of benzene rings is 4. The van der Waals surface area contributed by atoms with E-state index in [0.29, 0.717) is 30.6 Å². The van der Waals surface area contributed by atoms with E-state index < -0.39 is 0 Å². The van der Waals surface area contributed by atoms with Crippen molar-refractivity contribution in [1.82, 2.24) is 10.4 Å². The summed E-state index contributed by atoms with van der Waals surface area (Å²) in [5, 5.41) is 5.08. The number of hydrogen-bond acceptors (Lipinski definition) is 6. The van der Waals surface area contributed by atoms with E-state index in [0.717, 1.165) is 39.0 Å². The van der Waals surface area contributed by atoms with Gasteiger partial charge in [-0.25, -0.2) is 0 Å². The summed E-state index contributed by atoms with van der Waals surface area (Å²) < 4.78 is 0. The van der Waals surface area contributed by atoms with Crippen molar-refractivity contribution in [3.63, 3.8) is 0 Å². The third kappa shape index (κ3) is 3.43. The molecule has 0 fully saturated rings. The van der Waals surface area contributed by atoms with Crippen LogP contribution < -0.4 is 21.7 Å². The minimum atomic E-state index is -0.215. The highest BCUT2D eigenvalue weighted by atomic mass is 16.2. The van der Waals surface area contributed by atoms with Crippen LogP contribution in [0.25, 0.3) is 21.9 Å². The van der Waals surface area contributed by atoms with Gasteiger partial charge in [0.2, 0.25) is 0 Å². The molecule has 2 heterocycles. The van der Waals surface area contributed by atoms with Crippen molar-refractivity contribution in [1.29, 1.82) is 0 Å². The van der Waals surface area contributed by atoms with Crippen molar-refractivity contribution in [3.8, 4) is 11.1 Å². The minimum absolute atomic E-state index is 0.215. The molecule has 0 radical (unpaired) electrons. The fourth-order valence-corrected chi connectivity index (χ4v) is 4.64. The van der Waals surface area contributed by atoms with Crippen LogP contribution in [0.4, 0.5) is 17.1 Å². The molecule has 0 atom stereocenters. The van der Waals surface area contributed by atoms with Gasteiger partial charge in [0.1, 0.15) is 0 Å². The molecule has 168 valence electrons. The van der Waals surface area contributed by atoms with Crippen LogP contribution in [-0.4, -0.2) is 29.8 Å². The second-order valence-corrected chi connectivity index (χ2v) is 8.46. The van der Waals surface area contributed by atoms with Crippen molar-refractivity contribution >= 4 is 39.6 Å². The number of anilines is 3. The van der Waals surface area contributed by atoms with Crippen molar-refractivity contribution in [2.24, 2.45) is 0 Å². The van der Waals surface area contributed by atoms with Gasteiger partial charge < -0.3 is 16.2 Å². The number of carbonyl (C=O) groups is 2. The molecule has 2 aliphatic heterocycles. The SMILES string of the molecule is O=C1c2cccc3cccc(c23)C(=O)N1CCCNc1ccc(-c2ccc3c(c2)NNN3)cc1. The van der Waals surface area contributed by atoms with Gasteiger partial charge in [-0.15, -0.1) is 5.53 Å². The molecule has 6 rings (SSSR count). The Morgan fingerprint density at radius 2 is 1.41 bits per heavy atom. The highest BCUT2D eigenvalue weighted by molar-refractivity contribution is 6.25. The van der Waals surface area contributed by atoms with Gasteiger partial charge in [-0.1, -0.05) is 42.5 Å². The summed E-state index contributed by atoms with van der Waals surface area (Å²) in [5.41, 5.74) is 15.5. The van der Waals surface area contributed by atoms with E-state index >= 15 is 0 Å². The van der Waals surface area contributed by atoms with Gasteiger partial charge in [0.15, 0.2) is 0 Å². The fourth-order valence-electron chi connectivity index (χ4n) is 4.64. The Bertz CT molecular complexity index is 1380. The molecule has 0 saturated heterocycles. The molecule has 2 amide bonds.